The Balaban J connectivity index is 1.85. The second-order valence-corrected chi connectivity index (χ2v) is 6.35. The zero-order valence-corrected chi connectivity index (χ0v) is 13.6. The topological polar surface area (TPSA) is 37.8 Å². The lowest BCUT2D eigenvalue weighted by Crippen LogP contribution is -1.89. The molecule has 3 aromatic rings. The normalized spacial score (nSPS) is 10.6. The molecule has 0 aliphatic heterocycles. The van der Waals surface area contributed by atoms with Crippen LogP contribution in [0.1, 0.15) is 0 Å². The van der Waals surface area contributed by atoms with Gasteiger partial charge in [-0.1, -0.05) is 64.3 Å². The van der Waals surface area contributed by atoms with Crippen molar-refractivity contribution in [3.05, 3.63) is 57.5 Å². The number of hydrogen-bond donors (Lipinski definition) is 1. The molecule has 1 N–H and O–H groups in total. The number of rotatable bonds is 3. The Hall–Kier alpha value is -1.33. The van der Waals surface area contributed by atoms with Gasteiger partial charge in [0.15, 0.2) is 5.01 Å². The van der Waals surface area contributed by atoms with E-state index >= 15 is 0 Å². The third-order valence-electron chi connectivity index (χ3n) is 2.70. The standard InChI is InChI=1S/C14H8Cl3N3S/c15-10-4-2-1-3-9(10)13-19-20-14(21-13)18-8-5-6-11(16)12(17)7-8/h1-7H,(H,18,20). The molecule has 7 heteroatoms. The minimum absolute atomic E-state index is 0.484. The van der Waals surface area contributed by atoms with Crippen LogP contribution in [0, 0.1) is 0 Å². The van der Waals surface area contributed by atoms with Gasteiger partial charge in [-0.05, 0) is 24.3 Å². The summed E-state index contributed by atoms with van der Waals surface area (Å²) in [6.45, 7) is 0. The first-order valence-electron chi connectivity index (χ1n) is 5.94. The zero-order chi connectivity index (χ0) is 14.8. The van der Waals surface area contributed by atoms with E-state index in [0.29, 0.717) is 20.2 Å². The minimum atomic E-state index is 0.484. The number of nitrogens with one attached hydrogen (secondary N) is 1. The summed E-state index contributed by atoms with van der Waals surface area (Å²) in [5.74, 6) is 0. The van der Waals surface area contributed by atoms with Crippen molar-refractivity contribution in [2.45, 2.75) is 0 Å². The first kappa shape index (κ1) is 14.6. The number of aromatic nitrogens is 2. The monoisotopic (exact) mass is 355 g/mol. The highest BCUT2D eigenvalue weighted by molar-refractivity contribution is 7.18. The molecule has 0 aliphatic carbocycles. The third kappa shape index (κ3) is 3.30. The predicted octanol–water partition coefficient (Wildman–Crippen LogP) is 5.91. The summed E-state index contributed by atoms with van der Waals surface area (Å²) < 4.78 is 0. The molecule has 0 radical (unpaired) electrons. The molecule has 0 fully saturated rings. The Kier molecular flexibility index (Phi) is 4.31. The lowest BCUT2D eigenvalue weighted by molar-refractivity contribution is 1.10. The Morgan fingerprint density at radius 2 is 1.67 bits per heavy atom. The van der Waals surface area contributed by atoms with Crippen molar-refractivity contribution < 1.29 is 0 Å². The smallest absolute Gasteiger partial charge is 0.210 e. The van der Waals surface area contributed by atoms with Crippen molar-refractivity contribution in [1.29, 1.82) is 0 Å². The van der Waals surface area contributed by atoms with Crippen molar-refractivity contribution in [2.24, 2.45) is 0 Å². The summed E-state index contributed by atoms with van der Waals surface area (Å²) in [4.78, 5) is 0. The molecule has 1 aromatic heterocycles. The molecule has 0 spiro atoms. The summed E-state index contributed by atoms with van der Waals surface area (Å²) in [6.07, 6.45) is 0. The molecule has 0 unspecified atom stereocenters. The highest BCUT2D eigenvalue weighted by Gasteiger charge is 2.10. The molecule has 106 valence electrons. The molecule has 3 nitrogen and oxygen atoms in total. The van der Waals surface area contributed by atoms with Crippen LogP contribution in [-0.2, 0) is 0 Å². The van der Waals surface area contributed by atoms with Crippen LogP contribution in [0.25, 0.3) is 10.6 Å². The van der Waals surface area contributed by atoms with Crippen LogP contribution in [0.5, 0.6) is 0 Å². The van der Waals surface area contributed by atoms with Crippen LogP contribution in [0.3, 0.4) is 0 Å². The molecule has 0 atom stereocenters. The van der Waals surface area contributed by atoms with Crippen molar-refractivity contribution in [2.75, 3.05) is 5.32 Å². The summed E-state index contributed by atoms with van der Waals surface area (Å²) in [7, 11) is 0. The molecule has 21 heavy (non-hydrogen) atoms. The maximum atomic E-state index is 6.15. The van der Waals surface area contributed by atoms with E-state index in [1.54, 1.807) is 12.1 Å². The SMILES string of the molecule is Clc1ccc(Nc2nnc(-c3ccccc3Cl)s2)cc1Cl. The van der Waals surface area contributed by atoms with Gasteiger partial charge in [-0.15, -0.1) is 10.2 Å². The van der Waals surface area contributed by atoms with Crippen molar-refractivity contribution in [3.8, 4) is 10.6 Å². The van der Waals surface area contributed by atoms with Crippen molar-refractivity contribution in [1.82, 2.24) is 10.2 Å². The van der Waals surface area contributed by atoms with Gasteiger partial charge in [-0.25, -0.2) is 0 Å². The van der Waals surface area contributed by atoms with Crippen LogP contribution in [0.15, 0.2) is 42.5 Å². The van der Waals surface area contributed by atoms with E-state index < -0.39 is 0 Å². The van der Waals surface area contributed by atoms with Gasteiger partial charge >= 0.3 is 0 Å². The van der Waals surface area contributed by atoms with Gasteiger partial charge in [0.1, 0.15) is 0 Å². The second kappa shape index (κ2) is 6.20. The quantitative estimate of drug-likeness (QED) is 0.634. The Labute approximate surface area is 140 Å². The van der Waals surface area contributed by atoms with E-state index in [2.05, 4.69) is 15.5 Å². The minimum Gasteiger partial charge on any atom is -0.330 e. The van der Waals surface area contributed by atoms with Crippen molar-refractivity contribution in [3.63, 3.8) is 0 Å². The number of nitrogens with zero attached hydrogens (tertiary/aromatic N) is 2. The molecule has 3 rings (SSSR count). The largest absolute Gasteiger partial charge is 0.330 e. The summed E-state index contributed by atoms with van der Waals surface area (Å²) >= 11 is 19.4. The van der Waals surface area contributed by atoms with E-state index in [-0.39, 0.29) is 0 Å². The second-order valence-electron chi connectivity index (χ2n) is 4.15. The number of anilines is 2. The van der Waals surface area contributed by atoms with Crippen LogP contribution >= 0.6 is 46.1 Å². The van der Waals surface area contributed by atoms with Crippen LogP contribution in [0.2, 0.25) is 15.1 Å². The molecular formula is C14H8Cl3N3S. The first-order chi connectivity index (χ1) is 10.1. The lowest BCUT2D eigenvalue weighted by Gasteiger charge is -2.03. The van der Waals surface area contributed by atoms with Gasteiger partial charge < -0.3 is 5.32 Å². The fourth-order valence-electron chi connectivity index (χ4n) is 1.71. The molecule has 2 aromatic carbocycles. The predicted molar refractivity (Wildman–Crippen MR) is 90.1 cm³/mol. The van der Waals surface area contributed by atoms with Gasteiger partial charge in [-0.3, -0.25) is 0 Å². The molecule has 0 saturated carbocycles. The molecular weight excluding hydrogens is 349 g/mol. The van der Waals surface area contributed by atoms with E-state index in [1.165, 1.54) is 11.3 Å². The van der Waals surface area contributed by atoms with Gasteiger partial charge in [0, 0.05) is 11.3 Å². The van der Waals surface area contributed by atoms with Gasteiger partial charge in [0.2, 0.25) is 5.13 Å². The van der Waals surface area contributed by atoms with Gasteiger partial charge in [0.05, 0.1) is 15.1 Å². The lowest BCUT2D eigenvalue weighted by atomic mass is 10.2. The molecule has 0 aliphatic rings. The van der Waals surface area contributed by atoms with Crippen molar-refractivity contribution >= 4 is 57.0 Å². The highest BCUT2D eigenvalue weighted by atomic mass is 35.5. The van der Waals surface area contributed by atoms with Gasteiger partial charge in [0.25, 0.3) is 0 Å². The Morgan fingerprint density at radius 3 is 2.43 bits per heavy atom. The van der Waals surface area contributed by atoms with Crippen LogP contribution in [0.4, 0.5) is 10.8 Å². The summed E-state index contributed by atoms with van der Waals surface area (Å²) in [5, 5.41) is 14.4. The average Bonchev–Trinajstić information content (AvgIpc) is 2.92. The van der Waals surface area contributed by atoms with Gasteiger partial charge in [-0.2, -0.15) is 0 Å². The maximum Gasteiger partial charge on any atom is 0.210 e. The highest BCUT2D eigenvalue weighted by Crippen LogP contribution is 2.33. The molecule has 0 bridgehead atoms. The number of hydrogen-bond acceptors (Lipinski definition) is 4. The fourth-order valence-corrected chi connectivity index (χ4v) is 3.10. The molecule has 1 heterocycles. The van der Waals surface area contributed by atoms with E-state index in [1.807, 2.05) is 30.3 Å². The van der Waals surface area contributed by atoms with E-state index in [0.717, 1.165) is 16.3 Å². The zero-order valence-electron chi connectivity index (χ0n) is 10.5. The average molecular weight is 357 g/mol. The van der Waals surface area contributed by atoms with Crippen LogP contribution < -0.4 is 5.32 Å². The molecule has 0 amide bonds. The van der Waals surface area contributed by atoms with E-state index in [4.69, 9.17) is 34.8 Å². The number of halogens is 3. The van der Waals surface area contributed by atoms with Crippen LogP contribution in [-0.4, -0.2) is 10.2 Å². The molecule has 0 saturated heterocycles. The Bertz CT molecular complexity index is 789. The van der Waals surface area contributed by atoms with E-state index in [9.17, 15) is 0 Å². The first-order valence-corrected chi connectivity index (χ1v) is 7.89. The third-order valence-corrected chi connectivity index (χ3v) is 4.64. The summed E-state index contributed by atoms with van der Waals surface area (Å²) in [5.41, 5.74) is 1.66. The maximum absolute atomic E-state index is 6.15. The number of benzene rings is 2. The Morgan fingerprint density at radius 1 is 0.857 bits per heavy atom. The fraction of sp³-hybridized carbons (Fsp3) is 0. The summed E-state index contributed by atoms with van der Waals surface area (Å²) in [6, 6.07) is 12.8.